The number of fused-ring (bicyclic) bond motifs is 2. The number of anilines is 1. The summed E-state index contributed by atoms with van der Waals surface area (Å²) in [6.45, 7) is 0.430. The Labute approximate surface area is 356 Å². The minimum Gasteiger partial charge on any atom is -0.493 e. The summed E-state index contributed by atoms with van der Waals surface area (Å²) >= 11 is 0. The summed E-state index contributed by atoms with van der Waals surface area (Å²) in [5.74, 6) is -2.18. The van der Waals surface area contributed by atoms with E-state index in [1.165, 1.54) is 22.9 Å². The molecule has 0 spiro atoms. The Morgan fingerprint density at radius 1 is 0.889 bits per heavy atom. The van der Waals surface area contributed by atoms with E-state index in [-0.39, 0.29) is 74.6 Å². The molecule has 4 aromatic carbocycles. The number of ether oxygens (including phenoxy) is 2. The second-order valence-corrected chi connectivity index (χ2v) is 14.7. The van der Waals surface area contributed by atoms with Gasteiger partial charge in [-0.3, -0.25) is 34.2 Å². The number of benzene rings is 4. The highest BCUT2D eigenvalue weighted by Crippen LogP contribution is 2.36. The van der Waals surface area contributed by atoms with Crippen LogP contribution in [0, 0.1) is 0 Å². The predicted molar refractivity (Wildman–Crippen MR) is 220 cm³/mol. The van der Waals surface area contributed by atoms with Crippen LogP contribution in [-0.4, -0.2) is 98.2 Å². The summed E-state index contributed by atoms with van der Waals surface area (Å²) < 4.78 is 52.4. The number of aryl methyl sites for hydroxylation is 1. The fourth-order valence-electron chi connectivity index (χ4n) is 7.43. The molecule has 16 nitrogen and oxygen atoms in total. The molecule has 6 aromatic rings. The topological polar surface area (TPSA) is 210 Å². The van der Waals surface area contributed by atoms with E-state index in [0.29, 0.717) is 46.6 Å². The molecule has 0 radical (unpaired) electrons. The van der Waals surface area contributed by atoms with E-state index in [9.17, 15) is 42.3 Å². The SMILES string of the molecule is O=C(COCCOc1ccc(CCc2c(-c3ccc(C(F)(F)F)cc3)nn(-c3nc4ccccc4[nH]3)c2O)cc1)NCCNc1cccc2c1C(=O)N(C1CCC(=O)NC1=O)C2=O. The van der Waals surface area contributed by atoms with Gasteiger partial charge in [0, 0.05) is 36.3 Å². The minimum atomic E-state index is -4.51. The van der Waals surface area contributed by atoms with Gasteiger partial charge in [-0.2, -0.15) is 23.0 Å². The zero-order valence-electron chi connectivity index (χ0n) is 33.3. The average molecular weight is 865 g/mol. The molecule has 1 unspecified atom stereocenters. The number of H-pyrrole nitrogens is 1. The normalized spacial score (nSPS) is 15.2. The third-order valence-corrected chi connectivity index (χ3v) is 10.6. The number of imidazole rings is 1. The van der Waals surface area contributed by atoms with Gasteiger partial charge in [-0.15, -0.1) is 0 Å². The van der Waals surface area contributed by atoms with Crippen LogP contribution in [-0.2, 0) is 38.1 Å². The number of aromatic amines is 1. The summed E-state index contributed by atoms with van der Waals surface area (Å²) in [5.41, 5.74) is 3.25. The van der Waals surface area contributed by atoms with Crippen molar-refractivity contribution in [3.05, 3.63) is 119 Å². The number of imide groups is 2. The zero-order valence-corrected chi connectivity index (χ0v) is 33.3. The lowest BCUT2D eigenvalue weighted by atomic mass is 10.00. The Morgan fingerprint density at radius 3 is 2.41 bits per heavy atom. The first kappa shape index (κ1) is 42.2. The molecule has 324 valence electrons. The van der Waals surface area contributed by atoms with E-state index in [1.807, 2.05) is 30.3 Å². The van der Waals surface area contributed by atoms with Crippen LogP contribution in [0.3, 0.4) is 0 Å². The molecule has 63 heavy (non-hydrogen) atoms. The van der Waals surface area contributed by atoms with Gasteiger partial charge in [0.15, 0.2) is 0 Å². The number of nitrogens with zero attached hydrogens (tertiary/aromatic N) is 4. The highest BCUT2D eigenvalue weighted by Gasteiger charge is 2.45. The van der Waals surface area contributed by atoms with E-state index in [2.05, 4.69) is 31.0 Å². The van der Waals surface area contributed by atoms with E-state index in [1.54, 1.807) is 30.3 Å². The summed E-state index contributed by atoms with van der Waals surface area (Å²) in [5, 5.41) is 23.9. The second-order valence-electron chi connectivity index (χ2n) is 14.7. The molecule has 1 atom stereocenters. The second kappa shape index (κ2) is 17.8. The molecule has 5 N–H and O–H groups in total. The minimum absolute atomic E-state index is 0.0152. The molecule has 2 aromatic heterocycles. The van der Waals surface area contributed by atoms with Gasteiger partial charge in [-0.1, -0.05) is 42.5 Å². The standard InChI is InChI=1S/C44H39F3N8O8/c45-44(46,47)27-13-11-26(12-14-27)38-30(41(60)55(53-38)43-50-31-5-1-2-6-32(31)51-43)17-10-25-8-15-28(16-9-25)63-23-22-62-24-36(57)49-21-20-48-33-7-3-4-29-37(33)42(61)54(40(29)59)34-18-19-35(56)52-39(34)58/h1-9,11-16,34,48,60H,10,17-24H2,(H,49,57)(H,50,51)(H,52,56,58). The van der Waals surface area contributed by atoms with Crippen molar-refractivity contribution in [2.45, 2.75) is 37.9 Å². The molecule has 1 saturated heterocycles. The molecule has 19 heteroatoms. The molecule has 4 heterocycles. The molecule has 8 rings (SSSR count). The highest BCUT2D eigenvalue weighted by atomic mass is 19.4. The molecule has 2 aliphatic heterocycles. The number of aromatic nitrogens is 4. The third kappa shape index (κ3) is 9.08. The van der Waals surface area contributed by atoms with E-state index in [0.717, 1.165) is 28.1 Å². The van der Waals surface area contributed by atoms with Crippen molar-refractivity contribution in [3.8, 4) is 28.8 Å². The van der Waals surface area contributed by atoms with Crippen molar-refractivity contribution in [2.75, 3.05) is 38.2 Å². The van der Waals surface area contributed by atoms with Gasteiger partial charge in [0.2, 0.25) is 29.5 Å². The zero-order chi connectivity index (χ0) is 44.3. The van der Waals surface area contributed by atoms with Crippen LogP contribution >= 0.6 is 0 Å². The summed E-state index contributed by atoms with van der Waals surface area (Å²) in [6, 6.07) is 22.8. The molecule has 0 bridgehead atoms. The largest absolute Gasteiger partial charge is 0.493 e. The Bertz CT molecular complexity index is 2680. The van der Waals surface area contributed by atoms with Gasteiger partial charge < -0.3 is 30.2 Å². The maximum absolute atomic E-state index is 13.3. The van der Waals surface area contributed by atoms with Crippen LogP contribution in [0.15, 0.2) is 91.0 Å². The quantitative estimate of drug-likeness (QED) is 0.0650. The summed E-state index contributed by atoms with van der Waals surface area (Å²) in [7, 11) is 0. The number of hydrogen-bond donors (Lipinski definition) is 5. The van der Waals surface area contributed by atoms with Gasteiger partial charge in [-0.05, 0) is 73.4 Å². The molecular formula is C44H39F3N8O8. The number of aromatic hydroxyl groups is 1. The van der Waals surface area contributed by atoms with Crippen LogP contribution in [0.1, 0.15) is 50.2 Å². The first-order valence-electron chi connectivity index (χ1n) is 19.9. The monoisotopic (exact) mass is 864 g/mol. The number of carbonyl (C=O) groups excluding carboxylic acids is 5. The lowest BCUT2D eigenvalue weighted by Gasteiger charge is -2.27. The van der Waals surface area contributed by atoms with Gasteiger partial charge >= 0.3 is 6.18 Å². The number of carbonyl (C=O) groups is 5. The number of hydrogen-bond acceptors (Lipinski definition) is 11. The maximum Gasteiger partial charge on any atom is 0.416 e. The number of rotatable bonds is 16. The Morgan fingerprint density at radius 2 is 1.67 bits per heavy atom. The Hall–Kier alpha value is -7.54. The van der Waals surface area contributed by atoms with Crippen LogP contribution in [0.2, 0.25) is 0 Å². The molecular weight excluding hydrogens is 826 g/mol. The molecule has 2 aliphatic rings. The molecule has 0 aliphatic carbocycles. The fraction of sp³-hybridized carbons (Fsp3) is 0.250. The predicted octanol–water partition coefficient (Wildman–Crippen LogP) is 4.95. The van der Waals surface area contributed by atoms with Crippen LogP contribution in [0.4, 0.5) is 18.9 Å². The molecule has 5 amide bonds. The Balaban J connectivity index is 0.789. The van der Waals surface area contributed by atoms with Crippen LogP contribution in [0.25, 0.3) is 28.2 Å². The lowest BCUT2D eigenvalue weighted by molar-refractivity contribution is -0.138. The van der Waals surface area contributed by atoms with Gasteiger partial charge in [0.1, 0.15) is 30.7 Å². The average Bonchev–Trinajstić information content (AvgIpc) is 3.92. The van der Waals surface area contributed by atoms with E-state index >= 15 is 0 Å². The van der Waals surface area contributed by atoms with Crippen LogP contribution in [0.5, 0.6) is 11.6 Å². The number of alkyl halides is 3. The molecule has 0 saturated carbocycles. The van der Waals surface area contributed by atoms with Crippen molar-refractivity contribution in [3.63, 3.8) is 0 Å². The Kier molecular flexibility index (Phi) is 11.9. The number of piperidine rings is 1. The lowest BCUT2D eigenvalue weighted by Crippen LogP contribution is -2.54. The first-order chi connectivity index (χ1) is 30.4. The van der Waals surface area contributed by atoms with Gasteiger partial charge in [-0.25, -0.2) is 4.98 Å². The number of amides is 5. The van der Waals surface area contributed by atoms with Crippen molar-refractivity contribution in [1.82, 2.24) is 35.3 Å². The first-order valence-corrected chi connectivity index (χ1v) is 19.9. The fourth-order valence-corrected chi connectivity index (χ4v) is 7.43. The number of para-hydroxylation sites is 2. The van der Waals surface area contributed by atoms with Crippen molar-refractivity contribution >= 4 is 46.3 Å². The van der Waals surface area contributed by atoms with Crippen molar-refractivity contribution < 1.29 is 51.7 Å². The number of nitrogens with one attached hydrogen (secondary N) is 4. The van der Waals surface area contributed by atoms with E-state index in [4.69, 9.17) is 9.47 Å². The molecule has 1 fully saturated rings. The van der Waals surface area contributed by atoms with Gasteiger partial charge in [0.05, 0.1) is 34.3 Å². The summed E-state index contributed by atoms with van der Waals surface area (Å²) in [4.78, 5) is 71.2. The van der Waals surface area contributed by atoms with Gasteiger partial charge in [0.25, 0.3) is 11.8 Å². The van der Waals surface area contributed by atoms with E-state index < -0.39 is 41.4 Å². The smallest absolute Gasteiger partial charge is 0.416 e. The van der Waals surface area contributed by atoms with Crippen molar-refractivity contribution in [1.29, 1.82) is 0 Å². The number of halogens is 3. The maximum atomic E-state index is 13.3. The van der Waals surface area contributed by atoms with Crippen LogP contribution < -0.4 is 20.7 Å². The van der Waals surface area contributed by atoms with Crippen molar-refractivity contribution in [2.24, 2.45) is 0 Å². The summed E-state index contributed by atoms with van der Waals surface area (Å²) in [6.07, 6.45) is -3.69. The highest BCUT2D eigenvalue weighted by molar-refractivity contribution is 6.25. The third-order valence-electron chi connectivity index (χ3n) is 10.6.